The van der Waals surface area contributed by atoms with Crippen molar-refractivity contribution in [3.63, 3.8) is 0 Å². The molecule has 0 aromatic heterocycles. The summed E-state index contributed by atoms with van der Waals surface area (Å²) in [5.41, 5.74) is 7.92. The number of hydrogen-bond acceptors (Lipinski definition) is 1. The Kier molecular flexibility index (Phi) is 6.73. The predicted molar refractivity (Wildman–Crippen MR) is 141 cm³/mol. The zero-order chi connectivity index (χ0) is 25.1. The number of benzene rings is 4. The van der Waals surface area contributed by atoms with Crippen LogP contribution in [0.5, 0.6) is 0 Å². The lowest BCUT2D eigenvalue weighted by Gasteiger charge is -2.19. The van der Waals surface area contributed by atoms with E-state index in [0.29, 0.717) is 12.8 Å². The lowest BCUT2D eigenvalue weighted by molar-refractivity contribution is -0.120. The number of ketones is 1. The molecule has 0 spiro atoms. The van der Waals surface area contributed by atoms with E-state index in [4.69, 9.17) is 0 Å². The van der Waals surface area contributed by atoms with E-state index in [1.54, 1.807) is 31.2 Å². The van der Waals surface area contributed by atoms with Gasteiger partial charge in [0.2, 0.25) is 0 Å². The molecule has 1 nitrogen and oxygen atoms in total. The first kappa shape index (κ1) is 23.6. The van der Waals surface area contributed by atoms with Crippen molar-refractivity contribution < 1.29 is 13.6 Å². The van der Waals surface area contributed by atoms with Crippen LogP contribution in [0.15, 0.2) is 120 Å². The molecule has 36 heavy (non-hydrogen) atoms. The molecule has 0 aliphatic heterocycles. The highest BCUT2D eigenvalue weighted by Crippen LogP contribution is 2.47. The molecule has 1 unspecified atom stereocenters. The predicted octanol–water partition coefficient (Wildman–Crippen LogP) is 8.27. The quantitative estimate of drug-likeness (QED) is 0.283. The van der Waals surface area contributed by atoms with Gasteiger partial charge in [-0.05, 0) is 88.6 Å². The summed E-state index contributed by atoms with van der Waals surface area (Å²) in [6, 6.07) is 33.2. The second-order valence-corrected chi connectivity index (χ2v) is 9.17. The van der Waals surface area contributed by atoms with Crippen LogP contribution in [0.1, 0.15) is 42.0 Å². The van der Waals surface area contributed by atoms with Gasteiger partial charge in [0.15, 0.2) is 0 Å². The van der Waals surface area contributed by atoms with Crippen molar-refractivity contribution >= 4 is 16.9 Å². The Balaban J connectivity index is 1.87. The van der Waals surface area contributed by atoms with Crippen molar-refractivity contribution in [3.05, 3.63) is 154 Å². The van der Waals surface area contributed by atoms with Crippen LogP contribution >= 0.6 is 0 Å². The van der Waals surface area contributed by atoms with Crippen LogP contribution in [0.4, 0.5) is 8.78 Å². The highest BCUT2D eigenvalue weighted by atomic mass is 19.1. The van der Waals surface area contributed by atoms with Crippen molar-refractivity contribution in [2.45, 2.75) is 19.8 Å². The number of carbonyl (C=O) groups excluding carboxylic acids is 1. The Labute approximate surface area is 210 Å². The van der Waals surface area contributed by atoms with Gasteiger partial charge in [0, 0.05) is 5.92 Å². The van der Waals surface area contributed by atoms with Crippen molar-refractivity contribution in [2.75, 3.05) is 0 Å². The van der Waals surface area contributed by atoms with Crippen molar-refractivity contribution in [1.29, 1.82) is 0 Å². The number of rotatable bonds is 5. The topological polar surface area (TPSA) is 17.1 Å². The largest absolute Gasteiger partial charge is 0.300 e. The standard InChI is InChI=1S/C33H26F2O/c1-22(36)27-20-30(32(23-8-4-2-5-9-23)24-10-6-3-7-11-24)31(21-27)33(25-12-16-28(34)17-13-25)26-14-18-29(35)19-15-26/h2-19,27H,20-21H2,1H3. The fourth-order valence-corrected chi connectivity index (χ4v) is 5.08. The van der Waals surface area contributed by atoms with E-state index in [1.807, 2.05) is 36.4 Å². The van der Waals surface area contributed by atoms with Crippen LogP contribution in [0.25, 0.3) is 11.1 Å². The van der Waals surface area contributed by atoms with Gasteiger partial charge in [0.25, 0.3) is 0 Å². The fraction of sp³-hybridized carbons (Fsp3) is 0.121. The van der Waals surface area contributed by atoms with Crippen LogP contribution in [-0.4, -0.2) is 5.78 Å². The van der Waals surface area contributed by atoms with Gasteiger partial charge in [-0.25, -0.2) is 8.78 Å². The molecule has 1 aliphatic carbocycles. The molecule has 4 aromatic carbocycles. The average molecular weight is 477 g/mol. The molecule has 178 valence electrons. The van der Waals surface area contributed by atoms with Crippen LogP contribution in [0, 0.1) is 17.6 Å². The van der Waals surface area contributed by atoms with E-state index in [1.165, 1.54) is 24.3 Å². The van der Waals surface area contributed by atoms with E-state index in [2.05, 4.69) is 24.3 Å². The van der Waals surface area contributed by atoms with Gasteiger partial charge in [0.05, 0.1) is 0 Å². The number of Topliss-reactive ketones (excluding diaryl/α,β-unsaturated/α-hetero) is 1. The number of halogens is 2. The molecule has 0 heterocycles. The monoisotopic (exact) mass is 476 g/mol. The fourth-order valence-electron chi connectivity index (χ4n) is 5.08. The summed E-state index contributed by atoms with van der Waals surface area (Å²) in [6.07, 6.45) is 1.17. The van der Waals surface area contributed by atoms with Crippen LogP contribution < -0.4 is 0 Å². The van der Waals surface area contributed by atoms with E-state index in [-0.39, 0.29) is 23.3 Å². The molecule has 4 aromatic rings. The van der Waals surface area contributed by atoms with Gasteiger partial charge in [-0.15, -0.1) is 0 Å². The number of hydrogen-bond donors (Lipinski definition) is 0. The van der Waals surface area contributed by atoms with Crippen molar-refractivity contribution in [3.8, 4) is 0 Å². The van der Waals surface area contributed by atoms with Gasteiger partial charge in [0.1, 0.15) is 17.4 Å². The highest BCUT2D eigenvalue weighted by Gasteiger charge is 2.33. The third-order valence-corrected chi connectivity index (χ3v) is 6.83. The SMILES string of the molecule is CC(=O)C1CC(=C(c2ccccc2)c2ccccc2)C(=C(c2ccc(F)cc2)c2ccc(F)cc2)C1. The van der Waals surface area contributed by atoms with Gasteiger partial charge in [-0.2, -0.15) is 0 Å². The first-order valence-corrected chi connectivity index (χ1v) is 12.1. The summed E-state index contributed by atoms with van der Waals surface area (Å²) in [7, 11) is 0. The smallest absolute Gasteiger partial charge is 0.133 e. The normalized spacial score (nSPS) is 15.1. The molecule has 0 N–H and O–H groups in total. The average Bonchev–Trinajstić information content (AvgIpc) is 3.33. The van der Waals surface area contributed by atoms with Gasteiger partial charge in [-0.1, -0.05) is 84.9 Å². The molecule has 0 radical (unpaired) electrons. The second-order valence-electron chi connectivity index (χ2n) is 9.17. The zero-order valence-electron chi connectivity index (χ0n) is 20.0. The number of carbonyl (C=O) groups is 1. The summed E-state index contributed by atoms with van der Waals surface area (Å²) in [5.74, 6) is -0.658. The Morgan fingerprint density at radius 3 is 1.22 bits per heavy atom. The molecule has 5 rings (SSSR count). The number of allylic oxidation sites excluding steroid dienone is 2. The van der Waals surface area contributed by atoms with E-state index in [9.17, 15) is 13.6 Å². The third kappa shape index (κ3) is 4.83. The summed E-state index contributed by atoms with van der Waals surface area (Å²) >= 11 is 0. The second kappa shape index (κ2) is 10.2. The Bertz CT molecular complexity index is 1340. The summed E-state index contributed by atoms with van der Waals surface area (Å²) in [6.45, 7) is 1.64. The molecule has 1 fully saturated rings. The Hall–Kier alpha value is -4.11. The van der Waals surface area contributed by atoms with Crippen LogP contribution in [0.2, 0.25) is 0 Å². The molecular formula is C33H26F2O. The first-order valence-electron chi connectivity index (χ1n) is 12.1. The van der Waals surface area contributed by atoms with Gasteiger partial charge in [-0.3, -0.25) is 4.79 Å². The lowest BCUT2D eigenvalue weighted by Crippen LogP contribution is -2.05. The van der Waals surface area contributed by atoms with E-state index in [0.717, 1.165) is 44.5 Å². The van der Waals surface area contributed by atoms with Gasteiger partial charge >= 0.3 is 0 Å². The maximum atomic E-state index is 13.9. The summed E-state index contributed by atoms with van der Waals surface area (Å²) in [4.78, 5) is 12.7. The third-order valence-electron chi connectivity index (χ3n) is 6.83. The molecule has 1 aliphatic rings. The minimum Gasteiger partial charge on any atom is -0.300 e. The maximum Gasteiger partial charge on any atom is 0.133 e. The minimum atomic E-state index is -0.319. The van der Waals surface area contributed by atoms with Crippen molar-refractivity contribution in [1.82, 2.24) is 0 Å². The van der Waals surface area contributed by atoms with Crippen molar-refractivity contribution in [2.24, 2.45) is 5.92 Å². The molecular weight excluding hydrogens is 450 g/mol. The maximum absolute atomic E-state index is 13.9. The Morgan fingerprint density at radius 2 is 0.889 bits per heavy atom. The molecule has 1 atom stereocenters. The zero-order valence-corrected chi connectivity index (χ0v) is 20.0. The molecule has 0 bridgehead atoms. The van der Waals surface area contributed by atoms with Gasteiger partial charge < -0.3 is 0 Å². The van der Waals surface area contributed by atoms with Crippen LogP contribution in [0.3, 0.4) is 0 Å². The summed E-state index contributed by atoms with van der Waals surface area (Å²) < 4.78 is 27.8. The molecule has 0 amide bonds. The van der Waals surface area contributed by atoms with E-state index >= 15 is 0 Å². The first-order chi connectivity index (χ1) is 17.5. The highest BCUT2D eigenvalue weighted by molar-refractivity contribution is 5.94. The Morgan fingerprint density at radius 1 is 0.556 bits per heavy atom. The van der Waals surface area contributed by atoms with Crippen LogP contribution in [-0.2, 0) is 4.79 Å². The summed E-state index contributed by atoms with van der Waals surface area (Å²) in [5, 5.41) is 0. The molecule has 1 saturated carbocycles. The van der Waals surface area contributed by atoms with E-state index < -0.39 is 0 Å². The minimum absolute atomic E-state index is 0.139. The molecule has 0 saturated heterocycles. The molecule has 3 heteroatoms. The lowest BCUT2D eigenvalue weighted by atomic mass is 9.85.